The van der Waals surface area contributed by atoms with E-state index in [1.165, 1.54) is 19.2 Å². The first-order chi connectivity index (χ1) is 8.10. The van der Waals surface area contributed by atoms with Crippen molar-refractivity contribution in [2.45, 2.75) is 6.04 Å². The Labute approximate surface area is 97.8 Å². The molecule has 0 aliphatic carbocycles. The summed E-state index contributed by atoms with van der Waals surface area (Å²) < 4.78 is 31.0. The Morgan fingerprint density at radius 2 is 2.24 bits per heavy atom. The van der Waals surface area contributed by atoms with Crippen molar-refractivity contribution in [2.75, 3.05) is 20.3 Å². The lowest BCUT2D eigenvalue weighted by molar-refractivity contribution is 0.0895. The van der Waals surface area contributed by atoms with Gasteiger partial charge in [0.1, 0.15) is 0 Å². The monoisotopic (exact) mass is 244 g/mol. The van der Waals surface area contributed by atoms with Crippen LogP contribution in [0.2, 0.25) is 0 Å². The average molecular weight is 244 g/mol. The topological polar surface area (TPSA) is 64.3 Å². The Kier molecular flexibility index (Phi) is 4.99. The number of amides is 1. The van der Waals surface area contributed by atoms with Gasteiger partial charge in [-0.05, 0) is 12.1 Å². The number of methoxy groups -OCH3 is 1. The lowest BCUT2D eigenvalue weighted by atomic mass is 10.1. The zero-order chi connectivity index (χ0) is 12.8. The number of carbonyl (C=O) groups is 1. The fraction of sp³-hybridized carbons (Fsp3) is 0.364. The number of halogens is 2. The predicted molar refractivity (Wildman–Crippen MR) is 58.5 cm³/mol. The van der Waals surface area contributed by atoms with Crippen LogP contribution in [0.1, 0.15) is 10.4 Å². The summed E-state index contributed by atoms with van der Waals surface area (Å²) >= 11 is 0. The highest BCUT2D eigenvalue weighted by Crippen LogP contribution is 2.11. The molecule has 0 spiro atoms. The molecule has 94 valence electrons. The number of nitrogens with one attached hydrogen (secondary N) is 1. The van der Waals surface area contributed by atoms with Gasteiger partial charge in [-0.3, -0.25) is 4.79 Å². The Bertz CT molecular complexity index is 399. The molecular weight excluding hydrogens is 230 g/mol. The molecule has 0 aliphatic heterocycles. The van der Waals surface area contributed by atoms with Crippen molar-refractivity contribution in [1.29, 1.82) is 0 Å². The van der Waals surface area contributed by atoms with Gasteiger partial charge in [0, 0.05) is 13.7 Å². The van der Waals surface area contributed by atoms with E-state index in [2.05, 4.69) is 5.32 Å². The second-order valence-electron chi connectivity index (χ2n) is 3.46. The third-order valence-electron chi connectivity index (χ3n) is 2.18. The summed E-state index contributed by atoms with van der Waals surface area (Å²) in [4.78, 5) is 11.6. The number of rotatable bonds is 5. The van der Waals surface area contributed by atoms with Gasteiger partial charge in [-0.25, -0.2) is 8.78 Å². The summed E-state index contributed by atoms with van der Waals surface area (Å²) in [6.45, 7) is 0.357. The maximum atomic E-state index is 13.3. The summed E-state index contributed by atoms with van der Waals surface area (Å²) in [5.41, 5.74) is 5.04. The molecule has 1 aromatic rings. The number of hydrogen-bond donors (Lipinski definition) is 2. The summed E-state index contributed by atoms with van der Waals surface area (Å²) in [6.07, 6.45) is 0. The van der Waals surface area contributed by atoms with Crippen LogP contribution in [0, 0.1) is 11.6 Å². The second kappa shape index (κ2) is 6.27. The standard InChI is InChI=1S/C11H14F2N2O2/c1-17-6-7(5-14)15-11(16)8-3-2-4-9(12)10(8)13/h2-4,7H,5-6,14H2,1H3,(H,15,16). The summed E-state index contributed by atoms with van der Waals surface area (Å²) in [6, 6.07) is 2.98. The van der Waals surface area contributed by atoms with Gasteiger partial charge in [0.15, 0.2) is 11.6 Å². The van der Waals surface area contributed by atoms with Crippen LogP contribution in [-0.2, 0) is 4.74 Å². The van der Waals surface area contributed by atoms with Gasteiger partial charge >= 0.3 is 0 Å². The molecule has 0 bridgehead atoms. The molecule has 0 saturated carbocycles. The smallest absolute Gasteiger partial charge is 0.254 e. The van der Waals surface area contributed by atoms with E-state index in [0.717, 1.165) is 6.07 Å². The first kappa shape index (κ1) is 13.5. The van der Waals surface area contributed by atoms with Gasteiger partial charge in [-0.2, -0.15) is 0 Å². The first-order valence-corrected chi connectivity index (χ1v) is 5.04. The minimum Gasteiger partial charge on any atom is -0.383 e. The van der Waals surface area contributed by atoms with Crippen molar-refractivity contribution in [2.24, 2.45) is 5.73 Å². The van der Waals surface area contributed by atoms with Gasteiger partial charge in [0.05, 0.1) is 18.2 Å². The van der Waals surface area contributed by atoms with Gasteiger partial charge in [0.2, 0.25) is 0 Å². The molecule has 0 saturated heterocycles. The molecule has 1 amide bonds. The van der Waals surface area contributed by atoms with E-state index >= 15 is 0 Å². The normalized spacial score (nSPS) is 12.2. The highest BCUT2D eigenvalue weighted by atomic mass is 19.2. The van der Waals surface area contributed by atoms with Crippen LogP contribution in [-0.4, -0.2) is 32.2 Å². The Morgan fingerprint density at radius 1 is 1.53 bits per heavy atom. The molecule has 0 aliphatic rings. The summed E-state index contributed by atoms with van der Waals surface area (Å²) in [5.74, 6) is -2.94. The molecule has 0 radical (unpaired) electrons. The van der Waals surface area contributed by atoms with Crippen LogP contribution < -0.4 is 11.1 Å². The average Bonchev–Trinajstić information content (AvgIpc) is 2.31. The van der Waals surface area contributed by atoms with Crippen molar-refractivity contribution in [3.8, 4) is 0 Å². The third kappa shape index (κ3) is 3.47. The fourth-order valence-electron chi connectivity index (χ4n) is 1.31. The summed E-state index contributed by atoms with van der Waals surface area (Å²) in [5, 5.41) is 2.46. The Balaban J connectivity index is 2.79. The molecule has 1 unspecified atom stereocenters. The van der Waals surface area contributed by atoms with Crippen molar-refractivity contribution in [3.63, 3.8) is 0 Å². The SMILES string of the molecule is COCC(CN)NC(=O)c1cccc(F)c1F. The van der Waals surface area contributed by atoms with Crippen LogP contribution in [0.3, 0.4) is 0 Å². The van der Waals surface area contributed by atoms with Gasteiger partial charge < -0.3 is 15.8 Å². The van der Waals surface area contributed by atoms with E-state index in [9.17, 15) is 13.6 Å². The maximum absolute atomic E-state index is 13.3. The molecule has 6 heteroatoms. The van der Waals surface area contributed by atoms with Crippen molar-refractivity contribution < 1.29 is 18.3 Å². The molecule has 0 heterocycles. The number of carbonyl (C=O) groups excluding carboxylic acids is 1. The molecule has 0 aromatic heterocycles. The predicted octanol–water partition coefficient (Wildman–Crippen LogP) is 0.668. The molecule has 1 atom stereocenters. The van der Waals surface area contributed by atoms with E-state index in [-0.39, 0.29) is 18.7 Å². The summed E-state index contributed by atoms with van der Waals surface area (Å²) in [7, 11) is 1.46. The number of benzene rings is 1. The van der Waals surface area contributed by atoms with Crippen LogP contribution in [0.4, 0.5) is 8.78 Å². The van der Waals surface area contributed by atoms with E-state index in [0.29, 0.717) is 0 Å². The zero-order valence-electron chi connectivity index (χ0n) is 9.37. The lowest BCUT2D eigenvalue weighted by Gasteiger charge is -2.15. The molecule has 1 aromatic carbocycles. The van der Waals surface area contributed by atoms with Gasteiger partial charge in [0.25, 0.3) is 5.91 Å². The van der Waals surface area contributed by atoms with Crippen LogP contribution in [0.15, 0.2) is 18.2 Å². The Hall–Kier alpha value is -1.53. The molecular formula is C11H14F2N2O2. The highest BCUT2D eigenvalue weighted by Gasteiger charge is 2.17. The largest absolute Gasteiger partial charge is 0.383 e. The molecule has 4 nitrogen and oxygen atoms in total. The van der Waals surface area contributed by atoms with E-state index in [1.54, 1.807) is 0 Å². The van der Waals surface area contributed by atoms with Gasteiger partial charge in [-0.15, -0.1) is 0 Å². The van der Waals surface area contributed by atoms with E-state index in [1.807, 2.05) is 0 Å². The van der Waals surface area contributed by atoms with Crippen molar-refractivity contribution >= 4 is 5.91 Å². The highest BCUT2D eigenvalue weighted by molar-refractivity contribution is 5.94. The number of nitrogens with two attached hydrogens (primary N) is 1. The van der Waals surface area contributed by atoms with Crippen LogP contribution >= 0.6 is 0 Å². The van der Waals surface area contributed by atoms with Crippen LogP contribution in [0.25, 0.3) is 0 Å². The van der Waals surface area contributed by atoms with Crippen molar-refractivity contribution in [1.82, 2.24) is 5.32 Å². The number of hydrogen-bond acceptors (Lipinski definition) is 3. The molecule has 17 heavy (non-hydrogen) atoms. The Morgan fingerprint density at radius 3 is 2.82 bits per heavy atom. The molecule has 0 fully saturated rings. The van der Waals surface area contributed by atoms with Crippen LogP contribution in [0.5, 0.6) is 0 Å². The first-order valence-electron chi connectivity index (χ1n) is 5.04. The lowest BCUT2D eigenvalue weighted by Crippen LogP contribution is -2.43. The van der Waals surface area contributed by atoms with E-state index < -0.39 is 23.6 Å². The zero-order valence-corrected chi connectivity index (χ0v) is 9.37. The second-order valence-corrected chi connectivity index (χ2v) is 3.46. The third-order valence-corrected chi connectivity index (χ3v) is 2.18. The molecule has 1 rings (SSSR count). The van der Waals surface area contributed by atoms with Gasteiger partial charge in [-0.1, -0.05) is 6.07 Å². The molecule has 3 N–H and O–H groups in total. The minimum absolute atomic E-state index is 0.149. The fourth-order valence-corrected chi connectivity index (χ4v) is 1.31. The van der Waals surface area contributed by atoms with E-state index in [4.69, 9.17) is 10.5 Å². The maximum Gasteiger partial charge on any atom is 0.254 e. The minimum atomic E-state index is -1.17. The van der Waals surface area contributed by atoms with Crippen molar-refractivity contribution in [3.05, 3.63) is 35.4 Å². The quantitative estimate of drug-likeness (QED) is 0.800. The number of ether oxygens (including phenoxy) is 1.